The minimum Gasteiger partial charge on any atom is -0.493 e. The Labute approximate surface area is 166 Å². The molecule has 27 heavy (non-hydrogen) atoms. The van der Waals surface area contributed by atoms with Crippen LogP contribution < -0.4 is 25.1 Å². The highest BCUT2D eigenvalue weighted by Gasteiger charge is 2.11. The summed E-state index contributed by atoms with van der Waals surface area (Å²) in [6.07, 6.45) is 0. The lowest BCUT2D eigenvalue weighted by Gasteiger charge is -2.13. The zero-order valence-electron chi connectivity index (χ0n) is 15.3. The SMILES string of the molecule is COc1ccccc1OCC(=O)NNC(=O)COc1c(C)cc(Br)cc1C. The predicted octanol–water partition coefficient (Wildman–Crippen LogP) is 2.68. The van der Waals surface area contributed by atoms with Crippen LogP contribution in [0.3, 0.4) is 0 Å². The van der Waals surface area contributed by atoms with Gasteiger partial charge in [-0.05, 0) is 49.2 Å². The minimum atomic E-state index is -0.509. The van der Waals surface area contributed by atoms with Crippen molar-refractivity contribution in [3.8, 4) is 17.2 Å². The molecular weight excluding hydrogens is 416 g/mol. The fourth-order valence-electron chi connectivity index (χ4n) is 2.36. The first-order chi connectivity index (χ1) is 12.9. The van der Waals surface area contributed by atoms with Crippen LogP contribution >= 0.6 is 15.9 Å². The van der Waals surface area contributed by atoms with Gasteiger partial charge in [-0.25, -0.2) is 0 Å². The van der Waals surface area contributed by atoms with Gasteiger partial charge >= 0.3 is 0 Å². The molecule has 0 aliphatic heterocycles. The number of ether oxygens (including phenoxy) is 3. The molecule has 7 nitrogen and oxygen atoms in total. The summed E-state index contributed by atoms with van der Waals surface area (Å²) in [5.41, 5.74) is 6.37. The number of amides is 2. The largest absolute Gasteiger partial charge is 0.493 e. The number of rotatable bonds is 7. The van der Waals surface area contributed by atoms with Gasteiger partial charge in [-0.3, -0.25) is 20.4 Å². The molecule has 2 N–H and O–H groups in total. The number of hydrogen-bond donors (Lipinski definition) is 2. The lowest BCUT2D eigenvalue weighted by Crippen LogP contribution is -2.45. The molecule has 0 fully saturated rings. The van der Waals surface area contributed by atoms with E-state index in [1.54, 1.807) is 24.3 Å². The third kappa shape index (κ3) is 6.18. The number of halogens is 1. The van der Waals surface area contributed by atoms with Crippen LogP contribution in [0.15, 0.2) is 40.9 Å². The molecule has 0 heterocycles. The first kappa shape index (κ1) is 20.6. The molecule has 0 saturated carbocycles. The molecule has 2 amide bonds. The van der Waals surface area contributed by atoms with E-state index < -0.39 is 11.8 Å². The summed E-state index contributed by atoms with van der Waals surface area (Å²) in [5.74, 6) is 0.598. The van der Waals surface area contributed by atoms with Gasteiger partial charge in [0.2, 0.25) is 0 Å². The second-order valence-electron chi connectivity index (χ2n) is 5.69. The Balaban J connectivity index is 1.76. The topological polar surface area (TPSA) is 85.9 Å². The van der Waals surface area contributed by atoms with Crippen LogP contribution in [0.4, 0.5) is 0 Å². The van der Waals surface area contributed by atoms with Crippen molar-refractivity contribution in [3.63, 3.8) is 0 Å². The number of hydrogen-bond acceptors (Lipinski definition) is 5. The number of carbonyl (C=O) groups is 2. The molecule has 0 aliphatic rings. The second kappa shape index (κ2) is 9.82. The number of aryl methyl sites for hydroxylation is 2. The Morgan fingerprint density at radius 1 is 0.926 bits per heavy atom. The van der Waals surface area contributed by atoms with Gasteiger partial charge in [0.15, 0.2) is 24.7 Å². The van der Waals surface area contributed by atoms with Crippen molar-refractivity contribution in [2.24, 2.45) is 0 Å². The first-order valence-corrected chi connectivity index (χ1v) is 8.93. The van der Waals surface area contributed by atoms with Crippen LogP contribution in [0.25, 0.3) is 0 Å². The zero-order chi connectivity index (χ0) is 19.8. The van der Waals surface area contributed by atoms with E-state index in [-0.39, 0.29) is 13.2 Å². The zero-order valence-corrected chi connectivity index (χ0v) is 16.9. The predicted molar refractivity (Wildman–Crippen MR) is 104 cm³/mol. The highest BCUT2D eigenvalue weighted by atomic mass is 79.9. The third-order valence-electron chi connectivity index (χ3n) is 3.54. The Hall–Kier alpha value is -2.74. The lowest BCUT2D eigenvalue weighted by atomic mass is 10.1. The molecule has 0 spiro atoms. The number of hydrazine groups is 1. The van der Waals surface area contributed by atoms with Crippen LogP contribution in [-0.4, -0.2) is 32.1 Å². The summed E-state index contributed by atoms with van der Waals surface area (Å²) in [7, 11) is 1.51. The van der Waals surface area contributed by atoms with E-state index in [4.69, 9.17) is 14.2 Å². The fourth-order valence-corrected chi connectivity index (χ4v) is 3.04. The van der Waals surface area contributed by atoms with Crippen LogP contribution in [0.2, 0.25) is 0 Å². The van der Waals surface area contributed by atoms with Crippen LogP contribution in [0.5, 0.6) is 17.2 Å². The maximum atomic E-state index is 11.9. The Kier molecular flexibility index (Phi) is 7.48. The fraction of sp³-hybridized carbons (Fsp3) is 0.263. The molecule has 2 rings (SSSR count). The maximum Gasteiger partial charge on any atom is 0.276 e. The number of benzene rings is 2. The van der Waals surface area contributed by atoms with Gasteiger partial charge in [-0.1, -0.05) is 28.1 Å². The molecule has 2 aromatic carbocycles. The number of methoxy groups -OCH3 is 1. The van der Waals surface area contributed by atoms with Gasteiger partial charge < -0.3 is 14.2 Å². The molecule has 2 aromatic rings. The summed E-state index contributed by atoms with van der Waals surface area (Å²) < 4.78 is 17.0. The van der Waals surface area contributed by atoms with E-state index in [9.17, 15) is 9.59 Å². The average Bonchev–Trinajstić information content (AvgIpc) is 2.64. The standard InChI is InChI=1S/C19H21BrN2O5/c1-12-8-14(20)9-13(2)19(12)27-11-18(24)22-21-17(23)10-26-16-7-5-4-6-15(16)25-3/h4-9H,10-11H2,1-3H3,(H,21,23)(H,22,24). The molecule has 0 aromatic heterocycles. The molecule has 0 bridgehead atoms. The molecule has 0 unspecified atom stereocenters. The monoisotopic (exact) mass is 436 g/mol. The van der Waals surface area contributed by atoms with Crippen LogP contribution in [-0.2, 0) is 9.59 Å². The van der Waals surface area contributed by atoms with E-state index >= 15 is 0 Å². The van der Waals surface area contributed by atoms with Crippen molar-refractivity contribution in [3.05, 3.63) is 52.0 Å². The van der Waals surface area contributed by atoms with Crippen molar-refractivity contribution >= 4 is 27.7 Å². The number of nitrogens with one attached hydrogen (secondary N) is 2. The van der Waals surface area contributed by atoms with E-state index in [0.717, 1.165) is 15.6 Å². The lowest BCUT2D eigenvalue weighted by molar-refractivity contribution is -0.131. The van der Waals surface area contributed by atoms with Gasteiger partial charge in [0.1, 0.15) is 5.75 Å². The quantitative estimate of drug-likeness (QED) is 0.651. The first-order valence-electron chi connectivity index (χ1n) is 8.13. The number of para-hydroxylation sites is 2. The van der Waals surface area contributed by atoms with Gasteiger partial charge in [0, 0.05) is 4.47 Å². The third-order valence-corrected chi connectivity index (χ3v) is 4.00. The molecular formula is C19H21BrN2O5. The van der Waals surface area contributed by atoms with Gasteiger partial charge in [-0.2, -0.15) is 0 Å². The summed E-state index contributed by atoms with van der Waals surface area (Å²) in [6, 6.07) is 10.8. The molecule has 144 valence electrons. The van der Waals surface area contributed by atoms with Gasteiger partial charge in [0.05, 0.1) is 7.11 Å². The van der Waals surface area contributed by atoms with Crippen molar-refractivity contribution in [2.45, 2.75) is 13.8 Å². The van der Waals surface area contributed by atoms with E-state index in [2.05, 4.69) is 26.8 Å². The van der Waals surface area contributed by atoms with Crippen LogP contribution in [0.1, 0.15) is 11.1 Å². The summed E-state index contributed by atoms with van der Waals surface area (Å²) in [5, 5.41) is 0. The summed E-state index contributed by atoms with van der Waals surface area (Å²) in [6.45, 7) is 3.29. The van der Waals surface area contributed by atoms with Gasteiger partial charge in [0.25, 0.3) is 11.8 Å². The van der Waals surface area contributed by atoms with Gasteiger partial charge in [-0.15, -0.1) is 0 Å². The molecule has 0 aliphatic carbocycles. The van der Waals surface area contributed by atoms with Crippen molar-refractivity contribution < 1.29 is 23.8 Å². The van der Waals surface area contributed by atoms with E-state index in [0.29, 0.717) is 17.2 Å². The second-order valence-corrected chi connectivity index (χ2v) is 6.61. The van der Waals surface area contributed by atoms with Crippen LogP contribution in [0, 0.1) is 13.8 Å². The Morgan fingerprint density at radius 2 is 1.44 bits per heavy atom. The normalized spacial score (nSPS) is 10.1. The van der Waals surface area contributed by atoms with Crippen molar-refractivity contribution in [1.82, 2.24) is 10.9 Å². The van der Waals surface area contributed by atoms with Crippen molar-refractivity contribution in [1.29, 1.82) is 0 Å². The highest BCUT2D eigenvalue weighted by molar-refractivity contribution is 9.10. The molecule has 0 saturated heterocycles. The van der Waals surface area contributed by atoms with E-state index in [1.807, 2.05) is 26.0 Å². The average molecular weight is 437 g/mol. The summed E-state index contributed by atoms with van der Waals surface area (Å²) in [4.78, 5) is 23.7. The molecule has 8 heteroatoms. The smallest absolute Gasteiger partial charge is 0.276 e. The minimum absolute atomic E-state index is 0.225. The number of carbonyl (C=O) groups excluding carboxylic acids is 2. The Bertz CT molecular complexity index is 802. The Morgan fingerprint density at radius 3 is 2.00 bits per heavy atom. The van der Waals surface area contributed by atoms with Crippen molar-refractivity contribution in [2.75, 3.05) is 20.3 Å². The molecule has 0 atom stereocenters. The summed E-state index contributed by atoms with van der Waals surface area (Å²) >= 11 is 3.41. The molecule has 0 radical (unpaired) electrons. The maximum absolute atomic E-state index is 11.9. The highest BCUT2D eigenvalue weighted by Crippen LogP contribution is 2.27. The van der Waals surface area contributed by atoms with E-state index in [1.165, 1.54) is 7.11 Å².